The second-order valence-corrected chi connectivity index (χ2v) is 5.31. The molecule has 1 saturated heterocycles. The van der Waals surface area contributed by atoms with E-state index in [1.807, 2.05) is 4.90 Å². The minimum atomic E-state index is -0.295. The zero-order valence-electron chi connectivity index (χ0n) is 11.8. The lowest BCUT2D eigenvalue weighted by atomic mass is 9.97. The number of piperidine rings is 1. The quantitative estimate of drug-likeness (QED) is 0.862. The summed E-state index contributed by atoms with van der Waals surface area (Å²) < 4.78 is 13.7. The summed E-state index contributed by atoms with van der Waals surface area (Å²) in [7, 11) is 0. The van der Waals surface area contributed by atoms with Crippen molar-refractivity contribution in [3.05, 3.63) is 41.7 Å². The number of hydrogen-bond donors (Lipinski definition) is 1. The van der Waals surface area contributed by atoms with Crippen molar-refractivity contribution in [3.63, 3.8) is 0 Å². The summed E-state index contributed by atoms with van der Waals surface area (Å²) in [5.41, 5.74) is 6.79. The molecule has 1 amide bonds. The molecule has 0 saturated carbocycles. The Hall–Kier alpha value is -1.68. The molecule has 2 rings (SSSR count). The van der Waals surface area contributed by atoms with Gasteiger partial charge < -0.3 is 10.6 Å². The highest BCUT2D eigenvalue weighted by molar-refractivity contribution is 5.94. The molecule has 1 aliphatic heterocycles. The van der Waals surface area contributed by atoms with Crippen molar-refractivity contribution in [2.24, 2.45) is 11.7 Å². The van der Waals surface area contributed by atoms with Crippen LogP contribution in [0.15, 0.2) is 30.3 Å². The molecule has 0 aromatic heterocycles. The van der Waals surface area contributed by atoms with Gasteiger partial charge in [0.25, 0.3) is 0 Å². The molecule has 0 aliphatic carbocycles. The van der Waals surface area contributed by atoms with Gasteiger partial charge in [-0.15, -0.1) is 0 Å². The van der Waals surface area contributed by atoms with E-state index in [1.165, 1.54) is 12.1 Å². The molecule has 3 nitrogen and oxygen atoms in total. The van der Waals surface area contributed by atoms with E-state index in [-0.39, 0.29) is 11.7 Å². The molecule has 0 spiro atoms. The Kier molecular flexibility index (Phi) is 4.90. The number of rotatable bonds is 3. The lowest BCUT2D eigenvalue weighted by molar-refractivity contribution is -0.127. The first-order chi connectivity index (χ1) is 9.61. The molecule has 1 aromatic rings. The molecular formula is C16H21FN2O. The second kappa shape index (κ2) is 6.66. The first-order valence-corrected chi connectivity index (χ1v) is 7.04. The summed E-state index contributed by atoms with van der Waals surface area (Å²) in [6, 6.07) is 6.51. The van der Waals surface area contributed by atoms with Gasteiger partial charge in [-0.2, -0.15) is 0 Å². The number of carbonyl (C=O) groups excluding carboxylic acids is 1. The van der Waals surface area contributed by atoms with Crippen molar-refractivity contribution in [1.82, 2.24) is 4.90 Å². The van der Waals surface area contributed by atoms with E-state index in [4.69, 9.17) is 5.73 Å². The molecule has 1 aliphatic rings. The summed E-state index contributed by atoms with van der Waals surface area (Å²) in [6.45, 7) is 3.93. The van der Waals surface area contributed by atoms with Gasteiger partial charge in [0.15, 0.2) is 0 Å². The lowest BCUT2D eigenvalue weighted by Crippen LogP contribution is -2.39. The summed E-state index contributed by atoms with van der Waals surface area (Å²) in [4.78, 5) is 14.0. The lowest BCUT2D eigenvalue weighted by Gasteiger charge is -2.30. The molecule has 20 heavy (non-hydrogen) atoms. The van der Waals surface area contributed by atoms with E-state index in [2.05, 4.69) is 0 Å². The van der Waals surface area contributed by atoms with Crippen LogP contribution in [0.25, 0.3) is 5.57 Å². The van der Waals surface area contributed by atoms with Crippen LogP contribution in [0.2, 0.25) is 0 Å². The molecule has 0 unspecified atom stereocenters. The number of hydrogen-bond acceptors (Lipinski definition) is 2. The highest BCUT2D eigenvalue weighted by Crippen LogP contribution is 2.20. The van der Waals surface area contributed by atoms with Crippen LogP contribution in [0.1, 0.15) is 25.3 Å². The number of carbonyl (C=O) groups is 1. The van der Waals surface area contributed by atoms with Gasteiger partial charge in [-0.25, -0.2) is 4.39 Å². The predicted octanol–water partition coefficient (Wildman–Crippen LogP) is 2.43. The monoisotopic (exact) mass is 276 g/mol. The average molecular weight is 276 g/mol. The number of allylic oxidation sites excluding steroid dienone is 1. The summed E-state index contributed by atoms with van der Waals surface area (Å²) in [5.74, 6) is 0.188. The molecule has 1 heterocycles. The van der Waals surface area contributed by atoms with Gasteiger partial charge in [0, 0.05) is 24.7 Å². The Balaban J connectivity index is 2.04. The largest absolute Gasteiger partial charge is 0.339 e. The minimum absolute atomic E-state index is 0.0405. The highest BCUT2D eigenvalue weighted by Gasteiger charge is 2.20. The average Bonchev–Trinajstić information content (AvgIpc) is 2.47. The fourth-order valence-corrected chi connectivity index (χ4v) is 2.52. The van der Waals surface area contributed by atoms with Gasteiger partial charge in [0.05, 0.1) is 0 Å². The molecule has 1 aromatic carbocycles. The minimum Gasteiger partial charge on any atom is -0.339 e. The van der Waals surface area contributed by atoms with Crippen molar-refractivity contribution < 1.29 is 9.18 Å². The van der Waals surface area contributed by atoms with Crippen LogP contribution < -0.4 is 5.73 Å². The fourth-order valence-electron chi connectivity index (χ4n) is 2.52. The molecule has 1 fully saturated rings. The van der Waals surface area contributed by atoms with E-state index < -0.39 is 0 Å². The highest BCUT2D eigenvalue weighted by atomic mass is 19.1. The van der Waals surface area contributed by atoms with Crippen molar-refractivity contribution in [3.8, 4) is 0 Å². The van der Waals surface area contributed by atoms with Crippen LogP contribution in [-0.4, -0.2) is 30.4 Å². The fraction of sp³-hybridized carbons (Fsp3) is 0.438. The first kappa shape index (κ1) is 14.7. The van der Waals surface area contributed by atoms with Gasteiger partial charge in [-0.05, 0) is 43.9 Å². The Morgan fingerprint density at radius 2 is 2.05 bits per heavy atom. The molecule has 0 bridgehead atoms. The van der Waals surface area contributed by atoms with Gasteiger partial charge in [-0.1, -0.05) is 18.2 Å². The zero-order chi connectivity index (χ0) is 14.5. The third-order valence-electron chi connectivity index (χ3n) is 3.90. The number of nitrogens with zero attached hydrogens (tertiary/aromatic N) is 1. The number of likely N-dealkylation sites (tertiary alicyclic amines) is 1. The molecule has 2 N–H and O–H groups in total. The molecule has 0 atom stereocenters. The number of amides is 1. The third-order valence-corrected chi connectivity index (χ3v) is 3.90. The van der Waals surface area contributed by atoms with Gasteiger partial charge in [0.2, 0.25) is 5.91 Å². The Morgan fingerprint density at radius 3 is 2.65 bits per heavy atom. The standard InChI is InChI=1S/C16H21FN2O/c1-12(14-4-2-3-5-15(14)17)10-16(20)19-8-6-13(11-18)7-9-19/h2-5,10,13H,6-9,11,18H2,1H3/b12-10-. The summed E-state index contributed by atoms with van der Waals surface area (Å²) >= 11 is 0. The van der Waals surface area contributed by atoms with E-state index in [1.54, 1.807) is 25.1 Å². The Labute approximate surface area is 119 Å². The molecule has 108 valence electrons. The van der Waals surface area contributed by atoms with Crippen LogP contribution in [-0.2, 0) is 4.79 Å². The second-order valence-electron chi connectivity index (χ2n) is 5.31. The number of nitrogens with two attached hydrogens (primary N) is 1. The molecular weight excluding hydrogens is 255 g/mol. The van der Waals surface area contributed by atoms with Crippen molar-refractivity contribution in [1.29, 1.82) is 0 Å². The SMILES string of the molecule is C/C(=C/C(=O)N1CCC(CN)CC1)c1ccccc1F. The van der Waals surface area contributed by atoms with E-state index in [0.717, 1.165) is 25.9 Å². The maximum Gasteiger partial charge on any atom is 0.246 e. The van der Waals surface area contributed by atoms with E-state index in [0.29, 0.717) is 23.6 Å². The van der Waals surface area contributed by atoms with E-state index in [9.17, 15) is 9.18 Å². The Morgan fingerprint density at radius 1 is 1.40 bits per heavy atom. The van der Waals surface area contributed by atoms with Crippen LogP contribution >= 0.6 is 0 Å². The third kappa shape index (κ3) is 3.45. The van der Waals surface area contributed by atoms with Gasteiger partial charge >= 0.3 is 0 Å². The Bertz CT molecular complexity index is 505. The number of halogens is 1. The van der Waals surface area contributed by atoms with Crippen molar-refractivity contribution in [2.45, 2.75) is 19.8 Å². The van der Waals surface area contributed by atoms with Crippen LogP contribution in [0.5, 0.6) is 0 Å². The number of benzene rings is 1. The maximum absolute atomic E-state index is 13.7. The molecule has 4 heteroatoms. The van der Waals surface area contributed by atoms with Gasteiger partial charge in [0.1, 0.15) is 5.82 Å². The predicted molar refractivity (Wildman–Crippen MR) is 78.4 cm³/mol. The maximum atomic E-state index is 13.7. The van der Waals surface area contributed by atoms with Gasteiger partial charge in [-0.3, -0.25) is 4.79 Å². The topological polar surface area (TPSA) is 46.3 Å². The van der Waals surface area contributed by atoms with E-state index >= 15 is 0 Å². The van der Waals surface area contributed by atoms with Crippen molar-refractivity contribution >= 4 is 11.5 Å². The first-order valence-electron chi connectivity index (χ1n) is 7.04. The van der Waals surface area contributed by atoms with Crippen LogP contribution in [0.4, 0.5) is 4.39 Å². The zero-order valence-corrected chi connectivity index (χ0v) is 11.8. The van der Waals surface area contributed by atoms with Crippen molar-refractivity contribution in [2.75, 3.05) is 19.6 Å². The molecule has 0 radical (unpaired) electrons. The summed E-state index contributed by atoms with van der Waals surface area (Å²) in [5, 5.41) is 0. The van der Waals surface area contributed by atoms with Crippen LogP contribution in [0.3, 0.4) is 0 Å². The van der Waals surface area contributed by atoms with Crippen LogP contribution in [0, 0.1) is 11.7 Å². The smallest absolute Gasteiger partial charge is 0.246 e. The summed E-state index contributed by atoms with van der Waals surface area (Å²) in [6.07, 6.45) is 3.44. The normalized spacial score (nSPS) is 17.4.